The van der Waals surface area contributed by atoms with Crippen molar-refractivity contribution in [1.82, 2.24) is 14.5 Å². The summed E-state index contributed by atoms with van der Waals surface area (Å²) in [6.07, 6.45) is 5.06. The molecule has 0 radical (unpaired) electrons. The maximum absolute atomic E-state index is 12.8. The molecule has 4 aromatic rings. The van der Waals surface area contributed by atoms with Crippen LogP contribution in [0.2, 0.25) is 0 Å². The van der Waals surface area contributed by atoms with Crippen LogP contribution in [-0.4, -0.2) is 20.4 Å². The number of aryl methyl sites for hydroxylation is 2. The monoisotopic (exact) mass is 374 g/mol. The molecule has 134 valence electrons. The van der Waals surface area contributed by atoms with Gasteiger partial charge in [-0.05, 0) is 55.3 Å². The van der Waals surface area contributed by atoms with E-state index in [0.717, 1.165) is 15.7 Å². The summed E-state index contributed by atoms with van der Waals surface area (Å²) in [5.41, 5.74) is 5.44. The molecule has 0 bridgehead atoms. The zero-order valence-corrected chi connectivity index (χ0v) is 16.0. The number of allylic oxidation sites excluding steroid dienone is 1. The average Bonchev–Trinajstić information content (AvgIpc) is 2.98. The van der Waals surface area contributed by atoms with Gasteiger partial charge in [0.1, 0.15) is 0 Å². The zero-order chi connectivity index (χ0) is 19.0. The smallest absolute Gasteiger partial charge is 0.279 e. The van der Waals surface area contributed by atoms with E-state index in [1.54, 1.807) is 30.6 Å². The van der Waals surface area contributed by atoms with Gasteiger partial charge < -0.3 is 4.57 Å². The van der Waals surface area contributed by atoms with Gasteiger partial charge in [0.15, 0.2) is 4.80 Å². The minimum Gasteiger partial charge on any atom is -0.312 e. The number of fused-ring (bicyclic) bond motifs is 2. The molecule has 0 fully saturated rings. The molecule has 2 aromatic heterocycles. The molecule has 0 aliphatic carbocycles. The van der Waals surface area contributed by atoms with Crippen molar-refractivity contribution >= 4 is 38.5 Å². The van der Waals surface area contributed by atoms with Gasteiger partial charge in [-0.1, -0.05) is 17.4 Å². The molecule has 0 spiro atoms. The molecular weight excluding hydrogens is 356 g/mol. The predicted molar refractivity (Wildman–Crippen MR) is 109 cm³/mol. The fourth-order valence-corrected chi connectivity index (χ4v) is 4.08. The van der Waals surface area contributed by atoms with Gasteiger partial charge in [0.2, 0.25) is 0 Å². The second kappa shape index (κ2) is 6.89. The highest BCUT2D eigenvalue weighted by Crippen LogP contribution is 2.22. The Morgan fingerprint density at radius 3 is 2.67 bits per heavy atom. The summed E-state index contributed by atoms with van der Waals surface area (Å²) in [6, 6.07) is 9.54. The Morgan fingerprint density at radius 1 is 1.15 bits per heavy atom. The second-order valence-electron chi connectivity index (χ2n) is 6.36. The van der Waals surface area contributed by atoms with Crippen molar-refractivity contribution in [2.75, 3.05) is 0 Å². The second-order valence-corrected chi connectivity index (χ2v) is 7.37. The fourth-order valence-electron chi connectivity index (χ4n) is 2.96. The number of amides is 1. The lowest BCUT2D eigenvalue weighted by molar-refractivity contribution is 0.0998. The van der Waals surface area contributed by atoms with Gasteiger partial charge in [-0.15, -0.1) is 6.58 Å². The summed E-state index contributed by atoms with van der Waals surface area (Å²) in [5, 5.41) is 0. The molecule has 6 heteroatoms. The first-order chi connectivity index (χ1) is 13.1. The van der Waals surface area contributed by atoms with E-state index >= 15 is 0 Å². The summed E-state index contributed by atoms with van der Waals surface area (Å²) < 4.78 is 3.13. The number of carbonyl (C=O) groups is 1. The van der Waals surface area contributed by atoms with E-state index in [9.17, 15) is 4.79 Å². The van der Waals surface area contributed by atoms with Crippen LogP contribution in [0.5, 0.6) is 0 Å². The number of benzene rings is 2. The third kappa shape index (κ3) is 3.19. The topological polar surface area (TPSA) is 60.1 Å². The molecule has 0 saturated carbocycles. The van der Waals surface area contributed by atoms with Crippen molar-refractivity contribution in [3.63, 3.8) is 0 Å². The molecule has 0 aliphatic heterocycles. The van der Waals surface area contributed by atoms with Crippen LogP contribution in [0.4, 0.5) is 0 Å². The molecule has 0 atom stereocenters. The Hall–Kier alpha value is -3.12. The number of carbonyl (C=O) groups excluding carboxylic acids is 1. The van der Waals surface area contributed by atoms with Crippen molar-refractivity contribution < 1.29 is 4.79 Å². The largest absolute Gasteiger partial charge is 0.312 e. The third-order valence-electron chi connectivity index (χ3n) is 4.52. The molecule has 0 aliphatic rings. The highest BCUT2D eigenvalue weighted by atomic mass is 32.1. The number of thiazole rings is 1. The van der Waals surface area contributed by atoms with Gasteiger partial charge in [-0.25, -0.2) is 0 Å². The van der Waals surface area contributed by atoms with Crippen LogP contribution in [0.1, 0.15) is 21.5 Å². The van der Waals surface area contributed by atoms with Crippen LogP contribution in [0.25, 0.3) is 21.3 Å². The summed E-state index contributed by atoms with van der Waals surface area (Å²) in [6.45, 7) is 8.61. The molecule has 1 amide bonds. The van der Waals surface area contributed by atoms with Crippen molar-refractivity contribution in [1.29, 1.82) is 0 Å². The van der Waals surface area contributed by atoms with E-state index in [1.807, 2.05) is 10.6 Å². The quantitative estimate of drug-likeness (QED) is 0.505. The Balaban J connectivity index is 1.86. The van der Waals surface area contributed by atoms with Crippen molar-refractivity contribution in [2.45, 2.75) is 20.4 Å². The van der Waals surface area contributed by atoms with Crippen LogP contribution in [0, 0.1) is 13.8 Å². The number of aromatic nitrogens is 3. The van der Waals surface area contributed by atoms with E-state index in [4.69, 9.17) is 0 Å². The zero-order valence-electron chi connectivity index (χ0n) is 15.1. The van der Waals surface area contributed by atoms with Crippen molar-refractivity contribution in [3.05, 3.63) is 76.9 Å². The summed E-state index contributed by atoms with van der Waals surface area (Å²) in [5.74, 6) is -0.291. The van der Waals surface area contributed by atoms with Crippen LogP contribution in [0.15, 0.2) is 60.4 Å². The van der Waals surface area contributed by atoms with Gasteiger partial charge in [0.05, 0.1) is 21.3 Å². The van der Waals surface area contributed by atoms with Crippen LogP contribution >= 0.6 is 11.3 Å². The lowest BCUT2D eigenvalue weighted by atomic mass is 10.1. The van der Waals surface area contributed by atoms with E-state index in [2.05, 4.69) is 47.5 Å². The Labute approximate surface area is 160 Å². The first kappa shape index (κ1) is 17.3. The first-order valence-electron chi connectivity index (χ1n) is 8.58. The van der Waals surface area contributed by atoms with Gasteiger partial charge in [0, 0.05) is 24.5 Å². The van der Waals surface area contributed by atoms with Gasteiger partial charge in [-0.3, -0.25) is 14.8 Å². The molecular formula is C21H18N4OS. The number of hydrogen-bond donors (Lipinski definition) is 0. The first-order valence-corrected chi connectivity index (χ1v) is 9.40. The number of nitrogens with zero attached hydrogens (tertiary/aromatic N) is 4. The predicted octanol–water partition coefficient (Wildman–Crippen LogP) is 4.19. The molecule has 27 heavy (non-hydrogen) atoms. The maximum Gasteiger partial charge on any atom is 0.279 e. The number of hydrogen-bond acceptors (Lipinski definition) is 4. The molecule has 5 nitrogen and oxygen atoms in total. The molecule has 0 unspecified atom stereocenters. The highest BCUT2D eigenvalue weighted by Gasteiger charge is 2.11. The molecule has 0 saturated heterocycles. The normalized spacial score (nSPS) is 12.0. The minimum absolute atomic E-state index is 0.291. The maximum atomic E-state index is 12.8. The summed E-state index contributed by atoms with van der Waals surface area (Å²) >= 11 is 1.51. The van der Waals surface area contributed by atoms with E-state index in [0.29, 0.717) is 22.4 Å². The highest BCUT2D eigenvalue weighted by molar-refractivity contribution is 7.16. The van der Waals surface area contributed by atoms with Gasteiger partial charge in [-0.2, -0.15) is 4.99 Å². The van der Waals surface area contributed by atoms with E-state index in [-0.39, 0.29) is 5.91 Å². The van der Waals surface area contributed by atoms with Gasteiger partial charge >= 0.3 is 0 Å². The van der Waals surface area contributed by atoms with Crippen LogP contribution < -0.4 is 4.80 Å². The SMILES string of the molecule is C=CCn1c(=NC(=O)c2ccc3nccnc3c2)sc2cc(C)c(C)cc21. The Morgan fingerprint density at radius 2 is 1.89 bits per heavy atom. The summed E-state index contributed by atoms with van der Waals surface area (Å²) in [7, 11) is 0. The molecule has 2 aromatic carbocycles. The molecule has 0 N–H and O–H groups in total. The lowest BCUT2D eigenvalue weighted by Crippen LogP contribution is -2.16. The standard InChI is InChI=1S/C21H18N4OS/c1-4-9-25-18-10-13(2)14(3)11-19(18)27-21(25)24-20(26)15-5-6-16-17(12-15)23-8-7-22-16/h4-8,10-12H,1,9H2,2-3H3. The van der Waals surface area contributed by atoms with Gasteiger partial charge in [0.25, 0.3) is 5.91 Å². The van der Waals surface area contributed by atoms with E-state index in [1.165, 1.54) is 22.5 Å². The number of rotatable bonds is 3. The molecule has 2 heterocycles. The third-order valence-corrected chi connectivity index (χ3v) is 5.56. The average molecular weight is 374 g/mol. The van der Waals surface area contributed by atoms with Crippen LogP contribution in [0.3, 0.4) is 0 Å². The minimum atomic E-state index is -0.291. The van der Waals surface area contributed by atoms with Crippen molar-refractivity contribution in [2.24, 2.45) is 4.99 Å². The van der Waals surface area contributed by atoms with Crippen LogP contribution in [-0.2, 0) is 6.54 Å². The summed E-state index contributed by atoms with van der Waals surface area (Å²) in [4.78, 5) is 26.3. The fraction of sp³-hybridized carbons (Fsp3) is 0.143. The Bertz CT molecular complexity index is 1270. The van der Waals surface area contributed by atoms with E-state index < -0.39 is 0 Å². The Kier molecular flexibility index (Phi) is 4.41. The van der Waals surface area contributed by atoms with Crippen molar-refractivity contribution in [3.8, 4) is 0 Å². The molecule has 4 rings (SSSR count). The lowest BCUT2D eigenvalue weighted by Gasteiger charge is -2.04.